The fourth-order valence-corrected chi connectivity index (χ4v) is 2.61. The number of methoxy groups -OCH3 is 3. The molecule has 0 aliphatic rings. The van der Waals surface area contributed by atoms with Crippen molar-refractivity contribution in [2.75, 3.05) is 39.3 Å². The van der Waals surface area contributed by atoms with Crippen molar-refractivity contribution >= 4 is 17.5 Å². The van der Waals surface area contributed by atoms with E-state index in [1.165, 1.54) is 21.1 Å². The van der Waals surface area contributed by atoms with Crippen molar-refractivity contribution in [3.63, 3.8) is 0 Å². The van der Waals surface area contributed by atoms with Crippen LogP contribution >= 0.6 is 0 Å². The van der Waals surface area contributed by atoms with E-state index in [1.54, 1.807) is 42.3 Å². The lowest BCUT2D eigenvalue weighted by Crippen LogP contribution is -2.37. The molecule has 0 spiro atoms. The van der Waals surface area contributed by atoms with Crippen LogP contribution in [0.1, 0.15) is 17.3 Å². The number of ether oxygens (including phenoxy) is 3. The quantitative estimate of drug-likeness (QED) is 0.770. The van der Waals surface area contributed by atoms with Gasteiger partial charge in [0.2, 0.25) is 5.91 Å². The average molecular weight is 372 g/mol. The van der Waals surface area contributed by atoms with Crippen molar-refractivity contribution in [3.05, 3.63) is 48.0 Å². The zero-order valence-corrected chi connectivity index (χ0v) is 15.9. The highest BCUT2D eigenvalue weighted by Gasteiger charge is 2.14. The van der Waals surface area contributed by atoms with Gasteiger partial charge in [-0.05, 0) is 30.3 Å². The number of nitrogens with one attached hydrogen (secondary N) is 1. The summed E-state index contributed by atoms with van der Waals surface area (Å²) in [7, 11) is 4.62. The predicted octanol–water partition coefficient (Wildman–Crippen LogP) is 2.50. The molecule has 0 aromatic heterocycles. The summed E-state index contributed by atoms with van der Waals surface area (Å²) in [6, 6.07) is 12.1. The lowest BCUT2D eigenvalue weighted by Gasteiger charge is -2.22. The lowest BCUT2D eigenvalue weighted by molar-refractivity contribution is -0.116. The van der Waals surface area contributed by atoms with Crippen LogP contribution in [0.5, 0.6) is 17.2 Å². The van der Waals surface area contributed by atoms with Crippen molar-refractivity contribution in [1.29, 1.82) is 0 Å². The highest BCUT2D eigenvalue weighted by molar-refractivity contribution is 5.95. The molecule has 144 valence electrons. The Morgan fingerprint density at radius 2 is 1.70 bits per heavy atom. The molecule has 0 unspecified atom stereocenters. The Balaban J connectivity index is 2.02. The first-order chi connectivity index (χ1) is 13.0. The molecule has 2 rings (SSSR count). The van der Waals surface area contributed by atoms with Gasteiger partial charge in [0.1, 0.15) is 5.75 Å². The third-order valence-corrected chi connectivity index (χ3v) is 4.01. The molecule has 0 atom stereocenters. The van der Waals surface area contributed by atoms with Gasteiger partial charge in [0.15, 0.2) is 11.5 Å². The van der Waals surface area contributed by atoms with E-state index in [0.29, 0.717) is 41.6 Å². The number of rotatable bonds is 8. The van der Waals surface area contributed by atoms with Gasteiger partial charge in [-0.25, -0.2) is 0 Å². The third-order valence-electron chi connectivity index (χ3n) is 4.01. The Bertz CT molecular complexity index is 807. The van der Waals surface area contributed by atoms with Gasteiger partial charge in [-0.3, -0.25) is 9.59 Å². The standard InChI is InChI=1S/C20H24N2O5/c1-14(23)22(16-6-5-7-17(13-16)25-2)11-10-21-20(24)15-8-9-18(26-3)19(12-15)27-4/h5-9,12-13H,10-11H2,1-4H3,(H,21,24). The molecule has 1 N–H and O–H groups in total. The van der Waals surface area contributed by atoms with Crippen LogP contribution in [0.3, 0.4) is 0 Å². The minimum Gasteiger partial charge on any atom is -0.497 e. The fraction of sp³-hybridized carbons (Fsp3) is 0.300. The molecule has 0 fully saturated rings. The van der Waals surface area contributed by atoms with Crippen LogP contribution in [0, 0.1) is 0 Å². The first-order valence-electron chi connectivity index (χ1n) is 8.42. The molecule has 2 amide bonds. The molecule has 27 heavy (non-hydrogen) atoms. The van der Waals surface area contributed by atoms with Crippen molar-refractivity contribution in [3.8, 4) is 17.2 Å². The molecule has 7 nitrogen and oxygen atoms in total. The Morgan fingerprint density at radius 3 is 2.33 bits per heavy atom. The molecular weight excluding hydrogens is 348 g/mol. The van der Waals surface area contributed by atoms with Crippen LogP contribution in [0.4, 0.5) is 5.69 Å². The van der Waals surface area contributed by atoms with Gasteiger partial charge in [-0.1, -0.05) is 6.07 Å². The highest BCUT2D eigenvalue weighted by atomic mass is 16.5. The molecular formula is C20H24N2O5. The summed E-state index contributed by atoms with van der Waals surface area (Å²) in [5.74, 6) is 1.31. The molecule has 0 heterocycles. The van der Waals surface area contributed by atoms with Gasteiger partial charge >= 0.3 is 0 Å². The van der Waals surface area contributed by atoms with E-state index in [1.807, 2.05) is 12.1 Å². The monoisotopic (exact) mass is 372 g/mol. The second kappa shape index (κ2) is 9.47. The summed E-state index contributed by atoms with van der Waals surface area (Å²) < 4.78 is 15.6. The van der Waals surface area contributed by atoms with Crippen molar-refractivity contribution < 1.29 is 23.8 Å². The molecule has 0 bridgehead atoms. The van der Waals surface area contributed by atoms with Crippen LogP contribution in [-0.4, -0.2) is 46.2 Å². The maximum Gasteiger partial charge on any atom is 0.251 e. The maximum absolute atomic E-state index is 12.4. The molecule has 2 aromatic rings. The predicted molar refractivity (Wildman–Crippen MR) is 103 cm³/mol. The van der Waals surface area contributed by atoms with E-state index < -0.39 is 0 Å². The molecule has 0 aliphatic carbocycles. The summed E-state index contributed by atoms with van der Waals surface area (Å²) in [5.41, 5.74) is 1.16. The Kier molecular flexibility index (Phi) is 7.05. The topological polar surface area (TPSA) is 77.1 Å². The van der Waals surface area contributed by atoms with Crippen molar-refractivity contribution in [1.82, 2.24) is 5.32 Å². The molecule has 0 aliphatic heterocycles. The van der Waals surface area contributed by atoms with Gasteiger partial charge in [-0.2, -0.15) is 0 Å². The van der Waals surface area contributed by atoms with Gasteiger partial charge in [0.25, 0.3) is 5.91 Å². The smallest absolute Gasteiger partial charge is 0.251 e. The van der Waals surface area contributed by atoms with E-state index in [9.17, 15) is 9.59 Å². The number of hydrogen-bond acceptors (Lipinski definition) is 5. The minimum atomic E-state index is -0.259. The number of benzene rings is 2. The second-order valence-electron chi connectivity index (χ2n) is 5.70. The van der Waals surface area contributed by atoms with E-state index in [2.05, 4.69) is 5.32 Å². The fourth-order valence-electron chi connectivity index (χ4n) is 2.61. The largest absolute Gasteiger partial charge is 0.497 e. The number of carbonyl (C=O) groups excluding carboxylic acids is 2. The van der Waals surface area contributed by atoms with Crippen LogP contribution in [0.25, 0.3) is 0 Å². The third kappa shape index (κ3) is 5.13. The van der Waals surface area contributed by atoms with Gasteiger partial charge in [0.05, 0.1) is 21.3 Å². The lowest BCUT2D eigenvalue weighted by atomic mass is 10.2. The van der Waals surface area contributed by atoms with Gasteiger partial charge in [0, 0.05) is 37.3 Å². The van der Waals surface area contributed by atoms with Crippen LogP contribution in [-0.2, 0) is 4.79 Å². The number of hydrogen-bond donors (Lipinski definition) is 1. The first-order valence-corrected chi connectivity index (χ1v) is 8.42. The van der Waals surface area contributed by atoms with E-state index >= 15 is 0 Å². The summed E-state index contributed by atoms with van der Waals surface area (Å²) in [6.45, 7) is 2.11. The van der Waals surface area contributed by atoms with Crippen LogP contribution < -0.4 is 24.4 Å². The Hall–Kier alpha value is -3.22. The van der Waals surface area contributed by atoms with Gasteiger partial charge < -0.3 is 24.4 Å². The number of carbonyl (C=O) groups is 2. The maximum atomic E-state index is 12.4. The zero-order valence-electron chi connectivity index (χ0n) is 15.9. The Morgan fingerprint density at radius 1 is 0.963 bits per heavy atom. The van der Waals surface area contributed by atoms with Crippen LogP contribution in [0.15, 0.2) is 42.5 Å². The highest BCUT2D eigenvalue weighted by Crippen LogP contribution is 2.27. The van der Waals surface area contributed by atoms with E-state index in [0.717, 1.165) is 0 Å². The number of anilines is 1. The summed E-state index contributed by atoms with van der Waals surface area (Å²) >= 11 is 0. The Labute approximate surface area is 158 Å². The van der Waals surface area contributed by atoms with Gasteiger partial charge in [-0.15, -0.1) is 0 Å². The molecule has 0 radical (unpaired) electrons. The average Bonchev–Trinajstić information content (AvgIpc) is 2.70. The summed E-state index contributed by atoms with van der Waals surface area (Å²) in [6.07, 6.45) is 0. The minimum absolute atomic E-state index is 0.122. The molecule has 7 heteroatoms. The summed E-state index contributed by atoms with van der Waals surface area (Å²) in [5, 5.41) is 2.81. The van der Waals surface area contributed by atoms with E-state index in [4.69, 9.17) is 14.2 Å². The number of nitrogens with zero attached hydrogens (tertiary/aromatic N) is 1. The normalized spacial score (nSPS) is 10.1. The molecule has 0 saturated heterocycles. The summed E-state index contributed by atoms with van der Waals surface area (Å²) in [4.78, 5) is 25.9. The molecule has 2 aromatic carbocycles. The van der Waals surface area contributed by atoms with Crippen molar-refractivity contribution in [2.24, 2.45) is 0 Å². The zero-order chi connectivity index (χ0) is 19.8. The first kappa shape index (κ1) is 20.1. The van der Waals surface area contributed by atoms with Crippen LogP contribution in [0.2, 0.25) is 0 Å². The van der Waals surface area contributed by atoms with Crippen molar-refractivity contribution in [2.45, 2.75) is 6.92 Å². The second-order valence-corrected chi connectivity index (χ2v) is 5.70. The number of amides is 2. The molecule has 0 saturated carbocycles. The van der Waals surface area contributed by atoms with E-state index in [-0.39, 0.29) is 11.8 Å². The SMILES string of the molecule is COc1cccc(N(CCNC(=O)c2ccc(OC)c(OC)c2)C(C)=O)c1.